The molecule has 3 aromatic rings. The van der Waals surface area contributed by atoms with Gasteiger partial charge in [0, 0.05) is 43.8 Å². The summed E-state index contributed by atoms with van der Waals surface area (Å²) in [5, 5.41) is 10.8. The molecule has 1 amide bonds. The summed E-state index contributed by atoms with van der Waals surface area (Å²) < 4.78 is 1.50. The normalized spacial score (nSPS) is 15.0. The number of nitrogens with zero attached hydrogens (tertiary/aromatic N) is 4. The summed E-state index contributed by atoms with van der Waals surface area (Å²) in [6.45, 7) is 8.55. The lowest BCUT2D eigenvalue weighted by molar-refractivity contribution is -0.130. The van der Waals surface area contributed by atoms with E-state index < -0.39 is 0 Å². The van der Waals surface area contributed by atoms with Crippen molar-refractivity contribution in [1.29, 1.82) is 5.26 Å². The lowest BCUT2D eigenvalue weighted by Crippen LogP contribution is -2.40. The predicted octanol–water partition coefficient (Wildman–Crippen LogP) is 4.10. The van der Waals surface area contributed by atoms with Gasteiger partial charge in [0.1, 0.15) is 11.6 Å². The lowest BCUT2D eigenvalue weighted by atomic mass is 9.87. The molecule has 1 aliphatic rings. The summed E-state index contributed by atoms with van der Waals surface area (Å²) in [6, 6.07) is 8.79. The van der Waals surface area contributed by atoms with Crippen LogP contribution in [0.5, 0.6) is 0 Å². The van der Waals surface area contributed by atoms with E-state index in [0.29, 0.717) is 18.0 Å². The van der Waals surface area contributed by atoms with E-state index in [1.807, 2.05) is 13.1 Å². The van der Waals surface area contributed by atoms with Gasteiger partial charge in [0.25, 0.3) is 5.56 Å². The van der Waals surface area contributed by atoms with Gasteiger partial charge in [0.15, 0.2) is 0 Å². The number of aromatic amines is 1. The van der Waals surface area contributed by atoms with Crippen molar-refractivity contribution in [2.45, 2.75) is 45.4 Å². The first-order valence-corrected chi connectivity index (χ1v) is 12.3. The minimum absolute atomic E-state index is 0.152. The molecular formula is C28H35N5O2. The van der Waals surface area contributed by atoms with Crippen LogP contribution in [0.3, 0.4) is 0 Å². The van der Waals surface area contributed by atoms with Gasteiger partial charge in [-0.2, -0.15) is 5.26 Å². The number of likely N-dealkylation sites (N-methyl/N-ethyl adjacent to an activating group) is 1. The second-order valence-corrected chi connectivity index (χ2v) is 10.3. The quantitative estimate of drug-likeness (QED) is 0.604. The van der Waals surface area contributed by atoms with Crippen LogP contribution in [0.15, 0.2) is 29.2 Å². The van der Waals surface area contributed by atoms with E-state index in [4.69, 9.17) is 0 Å². The van der Waals surface area contributed by atoms with Crippen LogP contribution < -0.4 is 5.56 Å². The number of H-pyrrole nitrogens is 1. The zero-order valence-corrected chi connectivity index (χ0v) is 21.6. The molecule has 3 heterocycles. The Morgan fingerprint density at radius 1 is 1.26 bits per heavy atom. The molecule has 0 unspecified atom stereocenters. The van der Waals surface area contributed by atoms with Crippen molar-refractivity contribution in [3.8, 4) is 17.3 Å². The number of amides is 1. The van der Waals surface area contributed by atoms with Crippen molar-refractivity contribution >= 4 is 16.8 Å². The zero-order chi connectivity index (χ0) is 25.4. The van der Waals surface area contributed by atoms with Crippen molar-refractivity contribution in [2.24, 2.45) is 7.05 Å². The van der Waals surface area contributed by atoms with Gasteiger partial charge < -0.3 is 14.5 Å². The maximum absolute atomic E-state index is 12.4. The Kier molecular flexibility index (Phi) is 6.86. The van der Waals surface area contributed by atoms with Gasteiger partial charge in [0.2, 0.25) is 5.91 Å². The van der Waals surface area contributed by atoms with Crippen molar-refractivity contribution in [3.05, 3.63) is 57.0 Å². The predicted molar refractivity (Wildman–Crippen MR) is 140 cm³/mol. The highest BCUT2D eigenvalue weighted by Gasteiger charge is 2.25. The summed E-state index contributed by atoms with van der Waals surface area (Å²) in [7, 11) is 5.30. The van der Waals surface area contributed by atoms with Crippen LogP contribution in [0, 0.1) is 18.3 Å². The Balaban J connectivity index is 1.70. The van der Waals surface area contributed by atoms with E-state index in [0.717, 1.165) is 42.7 Å². The molecule has 35 heavy (non-hydrogen) atoms. The first kappa shape index (κ1) is 24.7. The van der Waals surface area contributed by atoms with Crippen LogP contribution in [-0.2, 0) is 11.8 Å². The van der Waals surface area contributed by atoms with Crippen LogP contribution in [0.2, 0.25) is 0 Å². The maximum atomic E-state index is 12.4. The number of carbonyl (C=O) groups excluding carboxylic acids is 1. The van der Waals surface area contributed by atoms with Crippen molar-refractivity contribution in [1.82, 2.24) is 19.4 Å². The Morgan fingerprint density at radius 3 is 2.54 bits per heavy atom. The summed E-state index contributed by atoms with van der Waals surface area (Å²) in [6.07, 6.45) is 3.90. The number of benzene rings is 1. The molecule has 0 saturated carbocycles. The monoisotopic (exact) mass is 473 g/mol. The van der Waals surface area contributed by atoms with E-state index in [1.165, 1.54) is 21.1 Å². The Morgan fingerprint density at radius 2 is 1.94 bits per heavy atom. The highest BCUT2D eigenvalue weighted by Crippen LogP contribution is 2.39. The number of hydrogen-bond donors (Lipinski definition) is 1. The molecule has 1 aromatic carbocycles. The summed E-state index contributed by atoms with van der Waals surface area (Å²) in [4.78, 5) is 32.0. The van der Waals surface area contributed by atoms with Crippen LogP contribution in [-0.4, -0.2) is 59.0 Å². The molecule has 0 spiro atoms. The number of nitriles is 1. The number of carbonyl (C=O) groups is 1. The molecule has 1 N–H and O–H groups in total. The summed E-state index contributed by atoms with van der Waals surface area (Å²) in [5.74, 6) is 0.877. The van der Waals surface area contributed by atoms with E-state index in [2.05, 4.69) is 48.0 Å². The van der Waals surface area contributed by atoms with Crippen molar-refractivity contribution < 1.29 is 4.79 Å². The topological polar surface area (TPSA) is 85.1 Å². The molecule has 1 saturated heterocycles. The summed E-state index contributed by atoms with van der Waals surface area (Å²) in [5.41, 5.74) is 6.12. The molecule has 0 atom stereocenters. The third-order valence-corrected chi connectivity index (χ3v) is 7.37. The SMILES string of the molecule is Cc1c(-c2[nH]c3ccc(C4CCN(CC(=O)N(C)C)CC4)cc3c2C(C)C)cn(C)c(=O)c1C#N. The second kappa shape index (κ2) is 9.71. The third kappa shape index (κ3) is 4.63. The van der Waals surface area contributed by atoms with Gasteiger partial charge in [-0.25, -0.2) is 0 Å². The Labute approximate surface area is 207 Å². The first-order chi connectivity index (χ1) is 16.6. The fraction of sp³-hybridized carbons (Fsp3) is 0.464. The number of aryl methyl sites for hydroxylation is 1. The molecule has 0 aliphatic carbocycles. The molecule has 184 valence electrons. The van der Waals surface area contributed by atoms with Gasteiger partial charge in [-0.15, -0.1) is 0 Å². The molecule has 7 nitrogen and oxygen atoms in total. The maximum Gasteiger partial charge on any atom is 0.268 e. The molecule has 7 heteroatoms. The minimum Gasteiger partial charge on any atom is -0.354 e. The van der Waals surface area contributed by atoms with Gasteiger partial charge >= 0.3 is 0 Å². The van der Waals surface area contributed by atoms with Gasteiger partial charge in [0.05, 0.1) is 12.2 Å². The molecule has 1 fully saturated rings. The van der Waals surface area contributed by atoms with Crippen LogP contribution in [0.4, 0.5) is 0 Å². The number of rotatable bonds is 5. The molecule has 4 rings (SSSR count). The number of piperidine rings is 1. The van der Waals surface area contributed by atoms with Gasteiger partial charge in [-0.1, -0.05) is 19.9 Å². The number of likely N-dealkylation sites (tertiary alicyclic amines) is 1. The fourth-order valence-corrected chi connectivity index (χ4v) is 5.26. The second-order valence-electron chi connectivity index (χ2n) is 10.3. The van der Waals surface area contributed by atoms with E-state index in [9.17, 15) is 14.9 Å². The molecule has 1 aliphatic heterocycles. The standard InChI is InChI=1S/C28H35N5O2/c1-17(2)26-21-13-20(19-9-11-33(12-10-19)16-25(34)31(4)5)7-8-24(21)30-27(26)23-15-32(6)28(35)22(14-29)18(23)3/h7-8,13,15,17,19,30H,9-12,16H2,1-6H3. The van der Waals surface area contributed by atoms with E-state index in [-0.39, 0.29) is 22.9 Å². The highest BCUT2D eigenvalue weighted by atomic mass is 16.2. The molecular weight excluding hydrogens is 438 g/mol. The van der Waals surface area contributed by atoms with E-state index in [1.54, 1.807) is 26.0 Å². The molecule has 0 radical (unpaired) electrons. The number of hydrogen-bond acceptors (Lipinski definition) is 4. The van der Waals surface area contributed by atoms with Crippen LogP contribution >= 0.6 is 0 Å². The van der Waals surface area contributed by atoms with Crippen LogP contribution in [0.25, 0.3) is 22.2 Å². The Bertz CT molecular complexity index is 1360. The van der Waals surface area contributed by atoms with Crippen molar-refractivity contribution in [2.75, 3.05) is 33.7 Å². The number of nitrogens with one attached hydrogen (secondary N) is 1. The fourth-order valence-electron chi connectivity index (χ4n) is 5.26. The van der Waals surface area contributed by atoms with Crippen LogP contribution in [0.1, 0.15) is 60.8 Å². The largest absolute Gasteiger partial charge is 0.354 e. The zero-order valence-electron chi connectivity index (χ0n) is 21.6. The van der Waals surface area contributed by atoms with Gasteiger partial charge in [-0.3, -0.25) is 14.5 Å². The smallest absolute Gasteiger partial charge is 0.268 e. The highest BCUT2D eigenvalue weighted by molar-refractivity contribution is 5.92. The summed E-state index contributed by atoms with van der Waals surface area (Å²) >= 11 is 0. The third-order valence-electron chi connectivity index (χ3n) is 7.37. The molecule has 0 bridgehead atoms. The van der Waals surface area contributed by atoms with Gasteiger partial charge in [-0.05, 0) is 73.5 Å². The average molecular weight is 474 g/mol. The molecule has 2 aromatic heterocycles. The first-order valence-electron chi connectivity index (χ1n) is 12.3. The Hall–Kier alpha value is -3.37. The lowest BCUT2D eigenvalue weighted by Gasteiger charge is -2.32. The minimum atomic E-state index is -0.267. The number of pyridine rings is 1. The number of aromatic nitrogens is 2. The average Bonchev–Trinajstić information content (AvgIpc) is 3.21. The number of fused-ring (bicyclic) bond motifs is 1. The van der Waals surface area contributed by atoms with Crippen molar-refractivity contribution in [3.63, 3.8) is 0 Å². The van der Waals surface area contributed by atoms with E-state index >= 15 is 0 Å².